The summed E-state index contributed by atoms with van der Waals surface area (Å²) >= 11 is 6.01. The Hall–Kier alpha value is -0.240. The van der Waals surface area contributed by atoms with Crippen LogP contribution >= 0.6 is 11.6 Å². The lowest BCUT2D eigenvalue weighted by atomic mass is 9.95. The molecule has 0 aromatic heterocycles. The molecule has 1 aliphatic carbocycles. The lowest BCUT2D eigenvalue weighted by Crippen LogP contribution is -2.41. The highest BCUT2D eigenvalue weighted by atomic mass is 35.5. The van der Waals surface area contributed by atoms with Gasteiger partial charge in [-0.3, -0.25) is 4.79 Å². The number of rotatable bonds is 1. The second kappa shape index (κ2) is 3.96. The summed E-state index contributed by atoms with van der Waals surface area (Å²) < 4.78 is 0. The number of hydrogen-bond donors (Lipinski definition) is 1. The van der Waals surface area contributed by atoms with Gasteiger partial charge in [0.2, 0.25) is 5.91 Å². The van der Waals surface area contributed by atoms with E-state index < -0.39 is 0 Å². The van der Waals surface area contributed by atoms with Crippen LogP contribution in [0.15, 0.2) is 0 Å². The molecule has 1 fully saturated rings. The monoisotopic (exact) mass is 175 g/mol. The van der Waals surface area contributed by atoms with Crippen LogP contribution in [-0.2, 0) is 4.79 Å². The summed E-state index contributed by atoms with van der Waals surface area (Å²) in [6.07, 6.45) is 4.46. The number of amides is 1. The normalized spacial score (nSPS) is 31.5. The molecular weight excluding hydrogens is 162 g/mol. The fraction of sp³-hybridized carbons (Fsp3) is 0.875. The standard InChI is InChI=1S/C8H14ClNO/c1-6(11)10-8-5-3-2-4-7(8)9/h7-8H,2-5H2,1H3,(H,10,11)/t7-,8?/m1/s1. The molecule has 2 atom stereocenters. The zero-order valence-electron chi connectivity index (χ0n) is 6.77. The van der Waals surface area contributed by atoms with Crippen molar-refractivity contribution in [2.24, 2.45) is 0 Å². The van der Waals surface area contributed by atoms with E-state index in [2.05, 4.69) is 5.32 Å². The Balaban J connectivity index is 2.35. The third-order valence-electron chi connectivity index (χ3n) is 2.07. The Bertz CT molecular complexity index is 149. The second-order valence-electron chi connectivity index (χ2n) is 3.11. The smallest absolute Gasteiger partial charge is 0.217 e. The number of hydrogen-bond acceptors (Lipinski definition) is 1. The van der Waals surface area contributed by atoms with Crippen molar-refractivity contribution in [3.05, 3.63) is 0 Å². The Morgan fingerprint density at radius 1 is 1.45 bits per heavy atom. The average molecular weight is 176 g/mol. The molecule has 1 N–H and O–H groups in total. The van der Waals surface area contributed by atoms with Crippen molar-refractivity contribution in [3.63, 3.8) is 0 Å². The van der Waals surface area contributed by atoms with E-state index in [-0.39, 0.29) is 17.3 Å². The van der Waals surface area contributed by atoms with Crippen LogP contribution in [0.5, 0.6) is 0 Å². The van der Waals surface area contributed by atoms with Gasteiger partial charge in [0, 0.05) is 13.0 Å². The molecule has 11 heavy (non-hydrogen) atoms. The Morgan fingerprint density at radius 3 is 2.64 bits per heavy atom. The first-order valence-electron chi connectivity index (χ1n) is 4.11. The zero-order valence-corrected chi connectivity index (χ0v) is 7.53. The van der Waals surface area contributed by atoms with Gasteiger partial charge in [-0.1, -0.05) is 12.8 Å². The third kappa shape index (κ3) is 2.70. The molecule has 3 heteroatoms. The van der Waals surface area contributed by atoms with Crippen LogP contribution in [0.25, 0.3) is 0 Å². The molecule has 0 bridgehead atoms. The van der Waals surface area contributed by atoms with Crippen molar-refractivity contribution in [1.82, 2.24) is 5.32 Å². The topological polar surface area (TPSA) is 29.1 Å². The summed E-state index contributed by atoms with van der Waals surface area (Å²) in [5.41, 5.74) is 0. The van der Waals surface area contributed by atoms with Crippen LogP contribution in [0.2, 0.25) is 0 Å². The van der Waals surface area contributed by atoms with Gasteiger partial charge in [0.15, 0.2) is 0 Å². The first kappa shape index (κ1) is 8.85. The van der Waals surface area contributed by atoms with E-state index in [1.54, 1.807) is 0 Å². The Morgan fingerprint density at radius 2 is 2.09 bits per heavy atom. The molecule has 1 rings (SSSR count). The second-order valence-corrected chi connectivity index (χ2v) is 3.67. The van der Waals surface area contributed by atoms with E-state index in [9.17, 15) is 4.79 Å². The van der Waals surface area contributed by atoms with Crippen LogP contribution in [0, 0.1) is 0 Å². The van der Waals surface area contributed by atoms with E-state index in [1.807, 2.05) is 0 Å². The fourth-order valence-electron chi connectivity index (χ4n) is 1.51. The molecule has 1 aliphatic rings. The summed E-state index contributed by atoms with van der Waals surface area (Å²) in [6.45, 7) is 1.54. The van der Waals surface area contributed by atoms with Crippen molar-refractivity contribution in [2.75, 3.05) is 0 Å². The summed E-state index contributed by atoms with van der Waals surface area (Å²) in [5.74, 6) is 0.0301. The molecule has 0 saturated heterocycles. The maximum absolute atomic E-state index is 10.7. The molecular formula is C8H14ClNO. The third-order valence-corrected chi connectivity index (χ3v) is 2.59. The van der Waals surface area contributed by atoms with E-state index >= 15 is 0 Å². The summed E-state index contributed by atoms with van der Waals surface area (Å²) in [6, 6.07) is 0.211. The maximum Gasteiger partial charge on any atom is 0.217 e. The molecule has 0 spiro atoms. The van der Waals surface area contributed by atoms with Crippen LogP contribution in [0.3, 0.4) is 0 Å². The molecule has 0 aromatic rings. The van der Waals surface area contributed by atoms with Gasteiger partial charge in [0.1, 0.15) is 0 Å². The molecule has 0 aliphatic heterocycles. The number of nitrogens with one attached hydrogen (secondary N) is 1. The molecule has 1 saturated carbocycles. The van der Waals surface area contributed by atoms with E-state index in [1.165, 1.54) is 19.8 Å². The Labute approximate surface area is 72.3 Å². The van der Waals surface area contributed by atoms with Crippen molar-refractivity contribution in [3.8, 4) is 0 Å². The lowest BCUT2D eigenvalue weighted by Gasteiger charge is -2.27. The van der Waals surface area contributed by atoms with Crippen LogP contribution in [0.4, 0.5) is 0 Å². The Kier molecular flexibility index (Phi) is 3.18. The van der Waals surface area contributed by atoms with Gasteiger partial charge in [-0.15, -0.1) is 11.6 Å². The van der Waals surface area contributed by atoms with Crippen molar-refractivity contribution in [1.29, 1.82) is 0 Å². The van der Waals surface area contributed by atoms with E-state index in [0.29, 0.717) is 0 Å². The summed E-state index contributed by atoms with van der Waals surface area (Å²) in [5, 5.41) is 3.01. The average Bonchev–Trinajstić information content (AvgIpc) is 1.93. The van der Waals surface area contributed by atoms with Crippen molar-refractivity contribution >= 4 is 17.5 Å². The minimum atomic E-state index is 0.0301. The van der Waals surface area contributed by atoms with Gasteiger partial charge in [-0.25, -0.2) is 0 Å². The number of alkyl halides is 1. The summed E-state index contributed by atoms with van der Waals surface area (Å²) in [4.78, 5) is 10.7. The highest BCUT2D eigenvalue weighted by Crippen LogP contribution is 2.22. The minimum absolute atomic E-state index is 0.0301. The van der Waals surface area contributed by atoms with Crippen molar-refractivity contribution in [2.45, 2.75) is 44.0 Å². The molecule has 1 amide bonds. The SMILES string of the molecule is CC(=O)NC1CCCC[C@H]1Cl. The molecule has 2 nitrogen and oxygen atoms in total. The number of carbonyl (C=O) groups is 1. The van der Waals surface area contributed by atoms with Crippen molar-refractivity contribution < 1.29 is 4.79 Å². The quantitative estimate of drug-likeness (QED) is 0.604. The molecule has 64 valence electrons. The molecule has 0 heterocycles. The van der Waals surface area contributed by atoms with Gasteiger partial charge >= 0.3 is 0 Å². The molecule has 0 aromatic carbocycles. The van der Waals surface area contributed by atoms with Gasteiger partial charge in [-0.05, 0) is 12.8 Å². The number of halogens is 1. The minimum Gasteiger partial charge on any atom is -0.352 e. The first-order chi connectivity index (χ1) is 5.20. The van der Waals surface area contributed by atoms with Gasteiger partial charge < -0.3 is 5.32 Å². The van der Waals surface area contributed by atoms with E-state index in [0.717, 1.165) is 12.8 Å². The highest BCUT2D eigenvalue weighted by molar-refractivity contribution is 6.21. The molecule has 0 radical (unpaired) electrons. The summed E-state index contributed by atoms with van der Waals surface area (Å²) in [7, 11) is 0. The number of carbonyl (C=O) groups excluding carboxylic acids is 1. The van der Waals surface area contributed by atoms with Crippen LogP contribution in [0.1, 0.15) is 32.6 Å². The van der Waals surface area contributed by atoms with Crippen LogP contribution in [-0.4, -0.2) is 17.3 Å². The largest absolute Gasteiger partial charge is 0.352 e. The van der Waals surface area contributed by atoms with E-state index in [4.69, 9.17) is 11.6 Å². The first-order valence-corrected chi connectivity index (χ1v) is 4.55. The zero-order chi connectivity index (χ0) is 8.27. The predicted molar refractivity (Wildman–Crippen MR) is 45.7 cm³/mol. The van der Waals surface area contributed by atoms with Gasteiger partial charge in [0.25, 0.3) is 0 Å². The molecule has 1 unspecified atom stereocenters. The lowest BCUT2D eigenvalue weighted by molar-refractivity contribution is -0.119. The van der Waals surface area contributed by atoms with Crippen LogP contribution < -0.4 is 5.32 Å². The predicted octanol–water partition coefficient (Wildman–Crippen LogP) is 1.67. The van der Waals surface area contributed by atoms with Gasteiger partial charge in [0.05, 0.1) is 5.38 Å². The highest BCUT2D eigenvalue weighted by Gasteiger charge is 2.23. The van der Waals surface area contributed by atoms with Gasteiger partial charge in [-0.2, -0.15) is 0 Å². The maximum atomic E-state index is 10.7. The fourth-order valence-corrected chi connectivity index (χ4v) is 1.85.